The van der Waals surface area contributed by atoms with E-state index in [9.17, 15) is 0 Å². The lowest BCUT2D eigenvalue weighted by Crippen LogP contribution is -2.01. The number of nitriles is 1. The Labute approximate surface area is 95.4 Å². The first kappa shape index (κ1) is 11.9. The first-order valence-electron chi connectivity index (χ1n) is 4.73. The van der Waals surface area contributed by atoms with Crippen molar-refractivity contribution in [2.45, 2.75) is 27.2 Å². The second kappa shape index (κ2) is 4.55. The fraction of sp³-hybridized carbons (Fsp3) is 0.417. The average Bonchev–Trinajstić information content (AvgIpc) is 2.24. The van der Waals surface area contributed by atoms with Crippen LogP contribution < -0.4 is 4.74 Å². The van der Waals surface area contributed by atoms with Gasteiger partial charge in [0, 0.05) is 10.6 Å². The van der Waals surface area contributed by atoms with Crippen LogP contribution in [0, 0.1) is 32.1 Å². The highest BCUT2D eigenvalue weighted by molar-refractivity contribution is 6.32. The van der Waals surface area contributed by atoms with Gasteiger partial charge in [-0.25, -0.2) is 0 Å². The Morgan fingerprint density at radius 3 is 2.27 bits per heavy atom. The van der Waals surface area contributed by atoms with Crippen LogP contribution in [-0.2, 0) is 6.42 Å². The number of benzene rings is 1. The van der Waals surface area contributed by atoms with Gasteiger partial charge in [-0.15, -0.1) is 0 Å². The highest BCUT2D eigenvalue weighted by Crippen LogP contribution is 2.35. The van der Waals surface area contributed by atoms with E-state index in [0.29, 0.717) is 6.42 Å². The summed E-state index contributed by atoms with van der Waals surface area (Å²) in [6, 6.07) is 2.13. The van der Waals surface area contributed by atoms with Gasteiger partial charge in [0.2, 0.25) is 0 Å². The van der Waals surface area contributed by atoms with Crippen LogP contribution in [0.25, 0.3) is 0 Å². The van der Waals surface area contributed by atoms with E-state index in [2.05, 4.69) is 6.07 Å². The normalized spacial score (nSPS) is 9.87. The highest BCUT2D eigenvalue weighted by atomic mass is 35.5. The van der Waals surface area contributed by atoms with Gasteiger partial charge in [0.25, 0.3) is 0 Å². The first-order chi connectivity index (χ1) is 7.04. The molecule has 1 aromatic carbocycles. The molecule has 0 aliphatic heterocycles. The van der Waals surface area contributed by atoms with Crippen LogP contribution in [0.5, 0.6) is 5.75 Å². The Hall–Kier alpha value is -1.20. The fourth-order valence-corrected chi connectivity index (χ4v) is 1.97. The SMILES string of the molecule is COc1c(C)c(C)c(Cl)c(C)c1CC#N. The van der Waals surface area contributed by atoms with Gasteiger partial charge in [-0.3, -0.25) is 0 Å². The zero-order valence-electron chi connectivity index (χ0n) is 9.44. The standard InChI is InChI=1S/C12H14ClNO/c1-7-8(2)12(15-4)10(5-6-14)9(3)11(7)13/h5H2,1-4H3. The maximum absolute atomic E-state index is 8.77. The summed E-state index contributed by atoms with van der Waals surface area (Å²) in [4.78, 5) is 0. The van der Waals surface area contributed by atoms with Crippen LogP contribution in [0.2, 0.25) is 5.02 Å². The van der Waals surface area contributed by atoms with E-state index in [4.69, 9.17) is 21.6 Å². The van der Waals surface area contributed by atoms with Crippen LogP contribution >= 0.6 is 11.6 Å². The summed E-state index contributed by atoms with van der Waals surface area (Å²) in [6.07, 6.45) is 0.329. The van der Waals surface area contributed by atoms with Crippen molar-refractivity contribution >= 4 is 11.6 Å². The molecule has 0 heterocycles. The quantitative estimate of drug-likeness (QED) is 0.771. The summed E-state index contributed by atoms with van der Waals surface area (Å²) in [7, 11) is 1.62. The van der Waals surface area contributed by atoms with Crippen molar-refractivity contribution in [3.63, 3.8) is 0 Å². The van der Waals surface area contributed by atoms with Crippen LogP contribution in [-0.4, -0.2) is 7.11 Å². The zero-order valence-corrected chi connectivity index (χ0v) is 10.2. The molecule has 0 radical (unpaired) electrons. The van der Waals surface area contributed by atoms with Gasteiger partial charge in [0.15, 0.2) is 0 Å². The lowest BCUT2D eigenvalue weighted by molar-refractivity contribution is 0.407. The third-order valence-electron chi connectivity index (χ3n) is 2.75. The Morgan fingerprint density at radius 1 is 1.20 bits per heavy atom. The van der Waals surface area contributed by atoms with Crippen molar-refractivity contribution in [3.8, 4) is 11.8 Å². The molecule has 0 atom stereocenters. The van der Waals surface area contributed by atoms with Crippen LogP contribution in [0.3, 0.4) is 0 Å². The van der Waals surface area contributed by atoms with E-state index in [0.717, 1.165) is 33.0 Å². The van der Waals surface area contributed by atoms with Crippen molar-refractivity contribution in [1.82, 2.24) is 0 Å². The average molecular weight is 224 g/mol. The Balaban J connectivity index is 3.56. The van der Waals surface area contributed by atoms with Crippen molar-refractivity contribution in [3.05, 3.63) is 27.3 Å². The first-order valence-corrected chi connectivity index (χ1v) is 5.11. The fourth-order valence-electron chi connectivity index (χ4n) is 1.71. The molecule has 1 rings (SSSR count). The van der Waals surface area contributed by atoms with Gasteiger partial charge < -0.3 is 4.74 Å². The third kappa shape index (κ3) is 1.93. The zero-order chi connectivity index (χ0) is 11.6. The molecular weight excluding hydrogens is 210 g/mol. The molecule has 0 unspecified atom stereocenters. The lowest BCUT2D eigenvalue weighted by Gasteiger charge is -2.16. The minimum Gasteiger partial charge on any atom is -0.496 e. The van der Waals surface area contributed by atoms with E-state index in [1.54, 1.807) is 7.11 Å². The van der Waals surface area contributed by atoms with E-state index in [1.807, 2.05) is 20.8 Å². The molecule has 0 bridgehead atoms. The number of hydrogen-bond acceptors (Lipinski definition) is 2. The van der Waals surface area contributed by atoms with Gasteiger partial charge in [-0.05, 0) is 37.5 Å². The third-order valence-corrected chi connectivity index (χ3v) is 3.32. The molecule has 0 saturated heterocycles. The highest BCUT2D eigenvalue weighted by Gasteiger charge is 2.16. The Kier molecular flexibility index (Phi) is 3.60. The van der Waals surface area contributed by atoms with Crippen LogP contribution in [0.4, 0.5) is 0 Å². The van der Waals surface area contributed by atoms with Gasteiger partial charge in [-0.1, -0.05) is 11.6 Å². The minimum absolute atomic E-state index is 0.329. The van der Waals surface area contributed by atoms with Gasteiger partial charge in [-0.2, -0.15) is 5.26 Å². The molecule has 80 valence electrons. The predicted octanol–water partition coefficient (Wildman–Crippen LogP) is 3.34. The summed E-state index contributed by atoms with van der Waals surface area (Å²) in [5.41, 5.74) is 3.87. The summed E-state index contributed by atoms with van der Waals surface area (Å²) in [6.45, 7) is 5.84. The summed E-state index contributed by atoms with van der Waals surface area (Å²) in [5.74, 6) is 0.788. The van der Waals surface area contributed by atoms with Crippen molar-refractivity contribution < 1.29 is 4.74 Å². The minimum atomic E-state index is 0.329. The van der Waals surface area contributed by atoms with Crippen molar-refractivity contribution in [1.29, 1.82) is 5.26 Å². The second-order valence-electron chi connectivity index (χ2n) is 3.54. The van der Waals surface area contributed by atoms with Gasteiger partial charge in [0.1, 0.15) is 5.75 Å². The largest absolute Gasteiger partial charge is 0.496 e. The molecule has 0 aliphatic rings. The summed E-state index contributed by atoms with van der Waals surface area (Å²) < 4.78 is 5.34. The van der Waals surface area contributed by atoms with Crippen molar-refractivity contribution in [2.24, 2.45) is 0 Å². The molecule has 15 heavy (non-hydrogen) atoms. The topological polar surface area (TPSA) is 33.0 Å². The van der Waals surface area contributed by atoms with Gasteiger partial charge >= 0.3 is 0 Å². The number of nitrogens with zero attached hydrogens (tertiary/aromatic N) is 1. The maximum Gasteiger partial charge on any atom is 0.126 e. The van der Waals surface area contributed by atoms with Crippen LogP contribution in [0.15, 0.2) is 0 Å². The molecule has 0 aromatic heterocycles. The molecule has 0 amide bonds. The molecular formula is C12H14ClNO. The number of ether oxygens (including phenoxy) is 1. The molecule has 0 fully saturated rings. The second-order valence-corrected chi connectivity index (χ2v) is 3.91. The number of rotatable bonds is 2. The number of methoxy groups -OCH3 is 1. The lowest BCUT2D eigenvalue weighted by atomic mass is 9.97. The van der Waals surface area contributed by atoms with E-state index >= 15 is 0 Å². The predicted molar refractivity (Wildman–Crippen MR) is 61.5 cm³/mol. The molecule has 3 heteroatoms. The molecule has 1 aromatic rings. The molecule has 0 aliphatic carbocycles. The van der Waals surface area contributed by atoms with Crippen molar-refractivity contribution in [2.75, 3.05) is 7.11 Å². The summed E-state index contributed by atoms with van der Waals surface area (Å²) >= 11 is 6.19. The Morgan fingerprint density at radius 2 is 1.80 bits per heavy atom. The maximum atomic E-state index is 8.77. The molecule has 2 nitrogen and oxygen atoms in total. The van der Waals surface area contributed by atoms with Gasteiger partial charge in [0.05, 0.1) is 19.6 Å². The molecule has 0 spiro atoms. The van der Waals surface area contributed by atoms with E-state index in [-0.39, 0.29) is 0 Å². The van der Waals surface area contributed by atoms with E-state index in [1.165, 1.54) is 0 Å². The monoisotopic (exact) mass is 223 g/mol. The number of halogens is 1. The summed E-state index contributed by atoms with van der Waals surface area (Å²) in [5, 5.41) is 9.50. The Bertz CT molecular complexity index is 432. The van der Waals surface area contributed by atoms with E-state index < -0.39 is 0 Å². The van der Waals surface area contributed by atoms with Crippen LogP contribution in [0.1, 0.15) is 22.3 Å². The molecule has 0 saturated carbocycles. The number of hydrogen-bond donors (Lipinski definition) is 0. The molecule has 0 N–H and O–H groups in total. The smallest absolute Gasteiger partial charge is 0.126 e.